The first-order chi connectivity index (χ1) is 8.83. The summed E-state index contributed by atoms with van der Waals surface area (Å²) >= 11 is 0. The lowest BCUT2D eigenvalue weighted by Gasteiger charge is -2.28. The number of aliphatic hydroxyl groups is 1. The summed E-state index contributed by atoms with van der Waals surface area (Å²) in [5, 5.41) is 9.85. The molecule has 0 bridgehead atoms. The fourth-order valence-electron chi connectivity index (χ4n) is 2.26. The lowest BCUT2D eigenvalue weighted by Crippen LogP contribution is -2.44. The fraction of sp³-hybridized carbons (Fsp3) is 0.929. The fourth-order valence-corrected chi connectivity index (χ4v) is 2.26. The van der Waals surface area contributed by atoms with E-state index in [0.29, 0.717) is 19.8 Å². The van der Waals surface area contributed by atoms with Crippen molar-refractivity contribution in [2.45, 2.75) is 58.3 Å². The van der Waals surface area contributed by atoms with Crippen LogP contribution in [0.15, 0.2) is 0 Å². The number of carbonyl (C=O) groups is 1. The normalized spacial score (nSPS) is 22.5. The van der Waals surface area contributed by atoms with Gasteiger partial charge in [0.15, 0.2) is 0 Å². The van der Waals surface area contributed by atoms with E-state index >= 15 is 0 Å². The summed E-state index contributed by atoms with van der Waals surface area (Å²) in [6.45, 7) is 9.69. The highest BCUT2D eigenvalue weighted by Crippen LogP contribution is 2.21. The Hall–Kier alpha value is -0.650. The van der Waals surface area contributed by atoms with E-state index in [9.17, 15) is 9.90 Å². The van der Waals surface area contributed by atoms with Gasteiger partial charge in [0.25, 0.3) is 0 Å². The molecular formula is C14H27NO4. The molecule has 1 saturated heterocycles. The van der Waals surface area contributed by atoms with Crippen molar-refractivity contribution in [3.05, 3.63) is 0 Å². The molecule has 0 aliphatic carbocycles. The standard InChI is InChI=1S/C14H27NO4/c1-5-18-10-11(16)9-15-8-6-7-12(15)13(17)19-14(2,3)4/h11-12,16H,5-10H2,1-4H3/t11?,12-/m0/s1. The topological polar surface area (TPSA) is 59.0 Å². The van der Waals surface area contributed by atoms with Gasteiger partial charge in [-0.15, -0.1) is 0 Å². The number of hydrogen-bond acceptors (Lipinski definition) is 5. The second kappa shape index (κ2) is 7.22. The molecule has 0 spiro atoms. The molecule has 5 nitrogen and oxygen atoms in total. The third-order valence-corrected chi connectivity index (χ3v) is 3.00. The number of likely N-dealkylation sites (tertiary alicyclic amines) is 1. The average Bonchev–Trinajstić information content (AvgIpc) is 2.72. The van der Waals surface area contributed by atoms with Crippen molar-refractivity contribution in [1.82, 2.24) is 4.90 Å². The maximum Gasteiger partial charge on any atom is 0.323 e. The molecule has 1 aliphatic rings. The molecule has 1 unspecified atom stereocenters. The number of rotatable bonds is 6. The smallest absolute Gasteiger partial charge is 0.323 e. The maximum atomic E-state index is 12.1. The summed E-state index contributed by atoms with van der Waals surface area (Å²) < 4.78 is 10.6. The first kappa shape index (κ1) is 16.4. The molecule has 19 heavy (non-hydrogen) atoms. The molecule has 0 amide bonds. The highest BCUT2D eigenvalue weighted by molar-refractivity contribution is 5.76. The van der Waals surface area contributed by atoms with Crippen LogP contribution in [0.1, 0.15) is 40.5 Å². The minimum atomic E-state index is -0.553. The van der Waals surface area contributed by atoms with E-state index in [0.717, 1.165) is 19.4 Å². The Morgan fingerprint density at radius 1 is 1.47 bits per heavy atom. The minimum absolute atomic E-state index is 0.186. The molecular weight excluding hydrogens is 246 g/mol. The van der Waals surface area contributed by atoms with Crippen molar-refractivity contribution in [2.75, 3.05) is 26.3 Å². The Kier molecular flexibility index (Phi) is 6.23. The van der Waals surface area contributed by atoms with Gasteiger partial charge in [0.05, 0.1) is 12.7 Å². The zero-order valence-corrected chi connectivity index (χ0v) is 12.5. The van der Waals surface area contributed by atoms with Crippen LogP contribution in [0.4, 0.5) is 0 Å². The highest BCUT2D eigenvalue weighted by atomic mass is 16.6. The number of carbonyl (C=O) groups excluding carboxylic acids is 1. The van der Waals surface area contributed by atoms with Gasteiger partial charge in [-0.25, -0.2) is 0 Å². The second-order valence-corrected chi connectivity index (χ2v) is 6.00. The molecule has 1 heterocycles. The number of β-amino-alcohol motifs (C(OH)–C–C–N with tert-alkyl or cyclic N) is 1. The average molecular weight is 273 g/mol. The molecule has 1 fully saturated rings. The van der Waals surface area contributed by atoms with Gasteiger partial charge in [0.2, 0.25) is 0 Å². The van der Waals surface area contributed by atoms with E-state index < -0.39 is 11.7 Å². The van der Waals surface area contributed by atoms with Crippen LogP contribution in [0.2, 0.25) is 0 Å². The number of aliphatic hydroxyl groups excluding tert-OH is 1. The van der Waals surface area contributed by atoms with Crippen molar-refractivity contribution in [3.8, 4) is 0 Å². The van der Waals surface area contributed by atoms with E-state index in [1.165, 1.54) is 0 Å². The quantitative estimate of drug-likeness (QED) is 0.737. The molecule has 0 saturated carbocycles. The lowest BCUT2D eigenvalue weighted by molar-refractivity contribution is -0.160. The molecule has 0 aromatic carbocycles. The Morgan fingerprint density at radius 3 is 2.74 bits per heavy atom. The van der Waals surface area contributed by atoms with E-state index in [4.69, 9.17) is 9.47 Å². The molecule has 0 radical (unpaired) electrons. The summed E-state index contributed by atoms with van der Waals surface area (Å²) in [4.78, 5) is 14.1. The van der Waals surface area contributed by atoms with Gasteiger partial charge in [-0.05, 0) is 47.1 Å². The molecule has 2 atom stereocenters. The van der Waals surface area contributed by atoms with Gasteiger partial charge < -0.3 is 14.6 Å². The number of hydrogen-bond donors (Lipinski definition) is 1. The van der Waals surface area contributed by atoms with E-state index in [1.54, 1.807) is 0 Å². The third-order valence-electron chi connectivity index (χ3n) is 3.00. The first-order valence-corrected chi connectivity index (χ1v) is 7.06. The van der Waals surface area contributed by atoms with Crippen LogP contribution in [0.25, 0.3) is 0 Å². The van der Waals surface area contributed by atoms with Gasteiger partial charge in [-0.1, -0.05) is 0 Å². The summed E-state index contributed by atoms with van der Waals surface area (Å²) in [6, 6.07) is -0.226. The molecule has 112 valence electrons. The van der Waals surface area contributed by atoms with Crippen molar-refractivity contribution in [1.29, 1.82) is 0 Å². The zero-order valence-electron chi connectivity index (χ0n) is 12.5. The van der Waals surface area contributed by atoms with Gasteiger partial charge in [-0.2, -0.15) is 0 Å². The number of ether oxygens (including phenoxy) is 2. The van der Waals surface area contributed by atoms with Crippen LogP contribution in [0, 0.1) is 0 Å². The van der Waals surface area contributed by atoms with Gasteiger partial charge in [0, 0.05) is 13.2 Å². The summed E-state index contributed by atoms with van der Waals surface area (Å²) in [6.07, 6.45) is 1.21. The molecule has 0 aromatic rings. The number of nitrogens with zero attached hydrogens (tertiary/aromatic N) is 1. The molecule has 0 aromatic heterocycles. The zero-order chi connectivity index (χ0) is 14.5. The summed E-state index contributed by atoms with van der Waals surface area (Å²) in [7, 11) is 0. The van der Waals surface area contributed by atoms with Crippen LogP contribution in [0.3, 0.4) is 0 Å². The summed E-state index contributed by atoms with van der Waals surface area (Å²) in [5.41, 5.74) is -0.463. The van der Waals surface area contributed by atoms with Crippen LogP contribution in [0.5, 0.6) is 0 Å². The Morgan fingerprint density at radius 2 is 2.16 bits per heavy atom. The van der Waals surface area contributed by atoms with Gasteiger partial charge in [-0.3, -0.25) is 9.69 Å². The maximum absolute atomic E-state index is 12.1. The van der Waals surface area contributed by atoms with Crippen LogP contribution in [-0.2, 0) is 14.3 Å². The largest absolute Gasteiger partial charge is 0.459 e. The predicted octanol–water partition coefficient (Wildman–Crippen LogP) is 1.19. The predicted molar refractivity (Wildman–Crippen MR) is 72.9 cm³/mol. The van der Waals surface area contributed by atoms with E-state index in [1.807, 2.05) is 32.6 Å². The second-order valence-electron chi connectivity index (χ2n) is 6.00. The van der Waals surface area contributed by atoms with Crippen molar-refractivity contribution < 1.29 is 19.4 Å². The van der Waals surface area contributed by atoms with Crippen molar-refractivity contribution >= 4 is 5.97 Å². The summed E-state index contributed by atoms with van der Waals surface area (Å²) in [5.74, 6) is -0.186. The number of esters is 1. The Bertz CT molecular complexity index is 288. The Balaban J connectivity index is 2.47. The molecule has 5 heteroatoms. The van der Waals surface area contributed by atoms with Crippen LogP contribution >= 0.6 is 0 Å². The highest BCUT2D eigenvalue weighted by Gasteiger charge is 2.34. The van der Waals surface area contributed by atoms with E-state index in [2.05, 4.69) is 0 Å². The van der Waals surface area contributed by atoms with Crippen molar-refractivity contribution in [2.24, 2.45) is 0 Å². The van der Waals surface area contributed by atoms with Crippen LogP contribution < -0.4 is 0 Å². The molecule has 1 aliphatic heterocycles. The Labute approximate surface area is 115 Å². The SMILES string of the molecule is CCOCC(O)CN1CCC[C@H]1C(=O)OC(C)(C)C. The van der Waals surface area contributed by atoms with Crippen LogP contribution in [-0.4, -0.2) is 60.0 Å². The van der Waals surface area contributed by atoms with Gasteiger partial charge in [0.1, 0.15) is 11.6 Å². The monoisotopic (exact) mass is 273 g/mol. The first-order valence-electron chi connectivity index (χ1n) is 7.06. The molecule has 1 N–H and O–H groups in total. The van der Waals surface area contributed by atoms with Crippen molar-refractivity contribution in [3.63, 3.8) is 0 Å². The molecule has 1 rings (SSSR count). The minimum Gasteiger partial charge on any atom is -0.459 e. The lowest BCUT2D eigenvalue weighted by atomic mass is 10.1. The third kappa shape index (κ3) is 5.89. The van der Waals surface area contributed by atoms with E-state index in [-0.39, 0.29) is 12.0 Å². The van der Waals surface area contributed by atoms with Gasteiger partial charge >= 0.3 is 5.97 Å².